The van der Waals surface area contributed by atoms with Gasteiger partial charge in [-0.1, -0.05) is 6.07 Å². The second kappa shape index (κ2) is 5.24. The summed E-state index contributed by atoms with van der Waals surface area (Å²) in [4.78, 5) is 6.40. The third kappa shape index (κ3) is 3.00. The van der Waals surface area contributed by atoms with E-state index in [1.807, 2.05) is 24.0 Å². The van der Waals surface area contributed by atoms with E-state index in [1.165, 1.54) is 0 Å². The maximum Gasteiger partial charge on any atom is 0.152 e. The molecule has 1 fully saturated rings. The van der Waals surface area contributed by atoms with Crippen LogP contribution in [0.1, 0.15) is 24.9 Å². The molecule has 0 spiro atoms. The second-order valence-electron chi connectivity index (χ2n) is 4.70. The van der Waals surface area contributed by atoms with Gasteiger partial charge in [0.15, 0.2) is 9.84 Å². The summed E-state index contributed by atoms with van der Waals surface area (Å²) >= 11 is 0. The van der Waals surface area contributed by atoms with Crippen LogP contribution in [0.2, 0.25) is 0 Å². The largest absolute Gasteiger partial charge is 0.355 e. The zero-order valence-corrected chi connectivity index (χ0v) is 11.4. The Labute approximate surface area is 108 Å². The lowest BCUT2D eigenvalue weighted by atomic mass is 10.1. The normalized spacial score (nSPS) is 21.3. The number of rotatable bonds is 2. The number of nitrogens with zero attached hydrogens (tertiary/aromatic N) is 2. The maximum atomic E-state index is 11.6. The van der Waals surface area contributed by atoms with Gasteiger partial charge in [-0.05, 0) is 19.4 Å². The third-order valence-electron chi connectivity index (χ3n) is 3.16. The average Bonchev–Trinajstić information content (AvgIpc) is 2.50. The topological polar surface area (TPSA) is 76.3 Å². The molecule has 0 aromatic carbocycles. The van der Waals surface area contributed by atoms with Crippen molar-refractivity contribution in [1.82, 2.24) is 4.98 Å². The summed E-state index contributed by atoms with van der Waals surface area (Å²) in [5.74, 6) is 1.29. The highest BCUT2D eigenvalue weighted by atomic mass is 32.2. The van der Waals surface area contributed by atoms with Crippen LogP contribution in [-0.2, 0) is 9.84 Å². The van der Waals surface area contributed by atoms with E-state index in [2.05, 4.69) is 4.98 Å². The zero-order valence-electron chi connectivity index (χ0n) is 10.5. The van der Waals surface area contributed by atoms with E-state index in [4.69, 9.17) is 5.73 Å². The van der Waals surface area contributed by atoms with Crippen LogP contribution in [0.15, 0.2) is 18.3 Å². The molecule has 0 radical (unpaired) electrons. The van der Waals surface area contributed by atoms with Crippen LogP contribution in [0.4, 0.5) is 5.82 Å². The Morgan fingerprint density at radius 3 is 2.89 bits per heavy atom. The van der Waals surface area contributed by atoms with E-state index in [0.717, 1.165) is 17.9 Å². The predicted octanol–water partition coefficient (Wildman–Crippen LogP) is 0.726. The standard InChI is InChI=1S/C12H19N3O2S/c1-10(13)11-4-2-5-14-12(11)15-6-3-8-18(16,17)9-7-15/h2,4-5,10H,3,6-9,13H2,1H3/t10-/m0/s1. The summed E-state index contributed by atoms with van der Waals surface area (Å²) in [6.07, 6.45) is 2.37. The van der Waals surface area contributed by atoms with Crippen molar-refractivity contribution in [2.24, 2.45) is 5.73 Å². The van der Waals surface area contributed by atoms with Gasteiger partial charge >= 0.3 is 0 Å². The van der Waals surface area contributed by atoms with Gasteiger partial charge in [-0.25, -0.2) is 13.4 Å². The maximum absolute atomic E-state index is 11.6. The Kier molecular flexibility index (Phi) is 3.87. The quantitative estimate of drug-likeness (QED) is 0.856. The first-order valence-corrected chi connectivity index (χ1v) is 7.97. The molecule has 1 aliphatic rings. The van der Waals surface area contributed by atoms with Gasteiger partial charge in [-0.2, -0.15) is 0 Å². The molecule has 18 heavy (non-hydrogen) atoms. The van der Waals surface area contributed by atoms with Crippen molar-refractivity contribution in [2.75, 3.05) is 29.5 Å². The molecule has 0 aliphatic carbocycles. The predicted molar refractivity (Wildman–Crippen MR) is 72.3 cm³/mol. The molecule has 0 unspecified atom stereocenters. The molecule has 1 aromatic rings. The second-order valence-corrected chi connectivity index (χ2v) is 7.00. The lowest BCUT2D eigenvalue weighted by Crippen LogP contribution is -2.29. The lowest BCUT2D eigenvalue weighted by Gasteiger charge is -2.24. The van der Waals surface area contributed by atoms with Gasteiger partial charge in [0.05, 0.1) is 11.5 Å². The molecule has 5 nitrogen and oxygen atoms in total. The highest BCUT2D eigenvalue weighted by Gasteiger charge is 2.22. The molecule has 1 aromatic heterocycles. The summed E-state index contributed by atoms with van der Waals surface area (Å²) in [6, 6.07) is 3.71. The number of nitrogens with two attached hydrogens (primary N) is 1. The summed E-state index contributed by atoms with van der Waals surface area (Å²) < 4.78 is 23.2. The monoisotopic (exact) mass is 269 g/mol. The van der Waals surface area contributed by atoms with Crippen LogP contribution in [0.5, 0.6) is 0 Å². The number of sulfone groups is 1. The van der Waals surface area contributed by atoms with Crippen LogP contribution in [0.3, 0.4) is 0 Å². The number of hydrogen-bond donors (Lipinski definition) is 1. The molecular weight excluding hydrogens is 250 g/mol. The Hall–Kier alpha value is -1.14. The number of hydrogen-bond acceptors (Lipinski definition) is 5. The minimum absolute atomic E-state index is 0.103. The first-order valence-electron chi connectivity index (χ1n) is 6.15. The highest BCUT2D eigenvalue weighted by Crippen LogP contribution is 2.23. The average molecular weight is 269 g/mol. The smallest absolute Gasteiger partial charge is 0.152 e. The van der Waals surface area contributed by atoms with E-state index in [1.54, 1.807) is 6.20 Å². The fourth-order valence-corrected chi connectivity index (χ4v) is 3.45. The van der Waals surface area contributed by atoms with Crippen molar-refractivity contribution < 1.29 is 8.42 Å². The van der Waals surface area contributed by atoms with Crippen molar-refractivity contribution >= 4 is 15.7 Å². The molecular formula is C12H19N3O2S. The van der Waals surface area contributed by atoms with Gasteiger partial charge in [0.1, 0.15) is 5.82 Å². The van der Waals surface area contributed by atoms with Gasteiger partial charge in [0.25, 0.3) is 0 Å². The van der Waals surface area contributed by atoms with E-state index in [0.29, 0.717) is 13.0 Å². The Balaban J connectivity index is 2.26. The number of pyridine rings is 1. The molecule has 1 aliphatic heterocycles. The Morgan fingerprint density at radius 2 is 2.17 bits per heavy atom. The van der Waals surface area contributed by atoms with Gasteiger partial charge < -0.3 is 10.6 Å². The van der Waals surface area contributed by atoms with E-state index in [9.17, 15) is 8.42 Å². The summed E-state index contributed by atoms with van der Waals surface area (Å²) in [5.41, 5.74) is 6.90. The van der Waals surface area contributed by atoms with Crippen molar-refractivity contribution in [1.29, 1.82) is 0 Å². The number of aromatic nitrogens is 1. The van der Waals surface area contributed by atoms with Crippen molar-refractivity contribution in [2.45, 2.75) is 19.4 Å². The lowest BCUT2D eigenvalue weighted by molar-refractivity contribution is 0.597. The third-order valence-corrected chi connectivity index (χ3v) is 4.88. The molecule has 0 bridgehead atoms. The number of anilines is 1. The van der Waals surface area contributed by atoms with E-state index < -0.39 is 9.84 Å². The van der Waals surface area contributed by atoms with Crippen LogP contribution < -0.4 is 10.6 Å². The van der Waals surface area contributed by atoms with Gasteiger partial charge in [0, 0.05) is 30.9 Å². The Morgan fingerprint density at radius 1 is 1.39 bits per heavy atom. The molecule has 2 heterocycles. The molecule has 100 valence electrons. The molecule has 2 rings (SSSR count). The molecule has 6 heteroatoms. The van der Waals surface area contributed by atoms with Crippen LogP contribution in [0, 0.1) is 0 Å². The minimum Gasteiger partial charge on any atom is -0.355 e. The van der Waals surface area contributed by atoms with Gasteiger partial charge in [-0.3, -0.25) is 0 Å². The molecule has 0 saturated carbocycles. The first-order chi connectivity index (χ1) is 8.49. The van der Waals surface area contributed by atoms with E-state index >= 15 is 0 Å². The summed E-state index contributed by atoms with van der Waals surface area (Å²) in [6.45, 7) is 3.13. The molecule has 0 amide bonds. The van der Waals surface area contributed by atoms with E-state index in [-0.39, 0.29) is 17.5 Å². The summed E-state index contributed by atoms with van der Waals surface area (Å²) in [5, 5.41) is 0. The van der Waals surface area contributed by atoms with Crippen molar-refractivity contribution in [3.63, 3.8) is 0 Å². The van der Waals surface area contributed by atoms with Crippen LogP contribution >= 0.6 is 0 Å². The first kappa shape index (κ1) is 13.3. The SMILES string of the molecule is C[C@H](N)c1cccnc1N1CCCS(=O)(=O)CC1. The Bertz CT molecular complexity index is 514. The van der Waals surface area contributed by atoms with Crippen molar-refractivity contribution in [3.8, 4) is 0 Å². The molecule has 1 atom stereocenters. The van der Waals surface area contributed by atoms with Crippen LogP contribution in [0.25, 0.3) is 0 Å². The van der Waals surface area contributed by atoms with Gasteiger partial charge in [0.2, 0.25) is 0 Å². The fourth-order valence-electron chi connectivity index (χ4n) is 2.18. The molecule has 2 N–H and O–H groups in total. The zero-order chi connectivity index (χ0) is 13.2. The van der Waals surface area contributed by atoms with Crippen LogP contribution in [-0.4, -0.2) is 38.0 Å². The molecule has 1 saturated heterocycles. The minimum atomic E-state index is -2.89. The highest BCUT2D eigenvalue weighted by molar-refractivity contribution is 7.91. The van der Waals surface area contributed by atoms with Gasteiger partial charge in [-0.15, -0.1) is 0 Å². The summed E-state index contributed by atoms with van der Waals surface area (Å²) in [7, 11) is -2.89. The van der Waals surface area contributed by atoms with Crippen molar-refractivity contribution in [3.05, 3.63) is 23.9 Å². The fraction of sp³-hybridized carbons (Fsp3) is 0.583.